The average Bonchev–Trinajstić information content (AvgIpc) is 3.73. The van der Waals surface area contributed by atoms with Gasteiger partial charge in [0.05, 0.1) is 17.6 Å². The molecule has 0 saturated carbocycles. The van der Waals surface area contributed by atoms with Gasteiger partial charge in [-0.3, -0.25) is 4.99 Å². The number of fused-ring (bicyclic) bond motifs is 8. The molecule has 7 aromatic carbocycles. The van der Waals surface area contributed by atoms with Crippen LogP contribution in [0, 0.1) is 0 Å². The topological polar surface area (TPSA) is 57.8 Å². The Labute approximate surface area is 314 Å². The third-order valence-corrected chi connectivity index (χ3v) is 12.2. The number of aromatic amines is 1. The molecule has 53 heavy (non-hydrogen) atoms. The van der Waals surface area contributed by atoms with Crippen LogP contribution < -0.4 is 0 Å². The van der Waals surface area contributed by atoms with Crippen LogP contribution in [-0.2, 0) is 6.54 Å². The molecule has 0 spiro atoms. The van der Waals surface area contributed by atoms with Gasteiger partial charge in [-0.15, -0.1) is 0 Å². The lowest BCUT2D eigenvalue weighted by atomic mass is 10.1. The Balaban J connectivity index is 1.11. The maximum absolute atomic E-state index is 5.06. The number of rotatable bonds is 5. The van der Waals surface area contributed by atoms with E-state index in [1.54, 1.807) is 0 Å². The van der Waals surface area contributed by atoms with Gasteiger partial charge in [0.15, 0.2) is 11.7 Å². The van der Waals surface area contributed by atoms with Crippen molar-refractivity contribution in [1.29, 1.82) is 0 Å². The van der Waals surface area contributed by atoms with E-state index in [0.29, 0.717) is 18.2 Å². The second kappa shape index (κ2) is 13.1. The lowest BCUT2D eigenvalue weighted by molar-refractivity contribution is 1.06. The zero-order chi connectivity index (χ0) is 35.3. The van der Waals surface area contributed by atoms with E-state index in [0.717, 1.165) is 33.4 Å². The number of benzene rings is 7. The maximum atomic E-state index is 5.06. The first-order valence-electron chi connectivity index (χ1n) is 17.5. The van der Waals surface area contributed by atoms with Crippen molar-refractivity contribution < 1.29 is 0 Å². The minimum atomic E-state index is 0.492. The lowest BCUT2D eigenvalue weighted by Crippen LogP contribution is -2.06. The molecule has 5 nitrogen and oxygen atoms in total. The Kier molecular flexibility index (Phi) is 7.81. The van der Waals surface area contributed by atoms with Gasteiger partial charge in [-0.2, -0.15) is 0 Å². The molecule has 0 unspecified atom stereocenters. The van der Waals surface area contributed by atoms with E-state index >= 15 is 0 Å². The largest absolute Gasteiger partial charge is 0.354 e. The zero-order valence-electron chi connectivity index (χ0n) is 28.5. The molecule has 1 aliphatic rings. The first kappa shape index (κ1) is 31.6. The van der Waals surface area contributed by atoms with Crippen LogP contribution in [0.25, 0.3) is 49.3 Å². The van der Waals surface area contributed by atoms with Crippen molar-refractivity contribution in [1.82, 2.24) is 9.55 Å². The van der Waals surface area contributed by atoms with Gasteiger partial charge < -0.3 is 9.55 Å². The van der Waals surface area contributed by atoms with Crippen LogP contribution in [-0.4, -0.2) is 27.9 Å². The molecule has 0 atom stereocenters. The Morgan fingerprint density at radius 3 is 2.00 bits per heavy atom. The van der Waals surface area contributed by atoms with Crippen LogP contribution >= 0.6 is 23.5 Å². The van der Waals surface area contributed by atoms with Crippen LogP contribution in [0.1, 0.15) is 16.7 Å². The summed E-state index contributed by atoms with van der Waals surface area (Å²) in [5.74, 6) is 1.14. The predicted molar refractivity (Wildman–Crippen MR) is 224 cm³/mol. The van der Waals surface area contributed by atoms with Crippen LogP contribution in [0.4, 0.5) is 0 Å². The molecule has 0 bridgehead atoms. The summed E-state index contributed by atoms with van der Waals surface area (Å²) in [6.45, 7) is 4.35. The van der Waals surface area contributed by atoms with Crippen molar-refractivity contribution in [2.24, 2.45) is 15.0 Å². The first-order valence-corrected chi connectivity index (χ1v) is 19.1. The molecular weight excluding hydrogens is 687 g/mol. The van der Waals surface area contributed by atoms with Crippen molar-refractivity contribution >= 4 is 85.5 Å². The van der Waals surface area contributed by atoms with E-state index < -0.39 is 0 Å². The summed E-state index contributed by atoms with van der Waals surface area (Å²) in [5.41, 5.74) is 8.60. The average molecular weight is 718 g/mol. The fourth-order valence-electron chi connectivity index (χ4n) is 7.27. The van der Waals surface area contributed by atoms with E-state index in [1.165, 1.54) is 52.2 Å². The third-order valence-electron chi connectivity index (χ3n) is 9.76. The van der Waals surface area contributed by atoms with E-state index in [1.807, 2.05) is 72.1 Å². The van der Waals surface area contributed by atoms with Gasteiger partial charge >= 0.3 is 0 Å². The van der Waals surface area contributed by atoms with Gasteiger partial charge in [0.1, 0.15) is 0 Å². The number of hydrogen-bond donors (Lipinski definition) is 1. The van der Waals surface area contributed by atoms with Crippen LogP contribution in [0.5, 0.6) is 0 Å². The minimum absolute atomic E-state index is 0.492. The lowest BCUT2D eigenvalue weighted by Gasteiger charge is -2.19. The SMILES string of the molecule is C=N/C(=N\C(=N/Cc1ccccc1)c1cccc(-n2c3ccccc3c3cc4c(cc32)Sc2cc3c(cc2S4)[nH]c2ccccc23)c1)c1ccccc1. The van der Waals surface area contributed by atoms with E-state index in [-0.39, 0.29) is 0 Å². The molecule has 0 amide bonds. The van der Waals surface area contributed by atoms with E-state index in [4.69, 9.17) is 9.98 Å². The van der Waals surface area contributed by atoms with Crippen molar-refractivity contribution in [2.45, 2.75) is 26.1 Å². The van der Waals surface area contributed by atoms with Gasteiger partial charge in [0.25, 0.3) is 0 Å². The maximum Gasteiger partial charge on any atom is 0.161 e. The van der Waals surface area contributed by atoms with Crippen LogP contribution in [0.15, 0.2) is 192 Å². The second-order valence-electron chi connectivity index (χ2n) is 13.0. The quantitative estimate of drug-likeness (QED) is 0.142. The van der Waals surface area contributed by atoms with Crippen molar-refractivity contribution in [2.75, 3.05) is 0 Å². The number of H-pyrrole nitrogens is 1. The molecule has 0 radical (unpaired) electrons. The van der Waals surface area contributed by atoms with Gasteiger partial charge in [-0.25, -0.2) is 9.98 Å². The summed E-state index contributed by atoms with van der Waals surface area (Å²) in [5, 5.41) is 4.97. The summed E-state index contributed by atoms with van der Waals surface area (Å²) in [6, 6.07) is 55.4. The summed E-state index contributed by atoms with van der Waals surface area (Å²) in [6.07, 6.45) is 0. The standard InChI is InChI=1S/C46H31N5S2/c1-47-45(30-15-6-3-7-16-30)50-46(48-28-29-13-4-2-5-14-29)31-17-12-18-32(23-31)51-39-22-11-9-20-34(39)36-25-42-44(27-40(36)51)53-41-24-35-33-19-8-10-21-37(33)49-38(35)26-43(41)52-42/h2-27,49H,1,28H2/b48-46-,50-45-. The highest BCUT2D eigenvalue weighted by Crippen LogP contribution is 2.52. The third kappa shape index (κ3) is 5.66. The molecular formula is C46H31N5S2. The second-order valence-corrected chi connectivity index (χ2v) is 15.2. The number of para-hydroxylation sites is 2. The smallest absolute Gasteiger partial charge is 0.161 e. The van der Waals surface area contributed by atoms with Gasteiger partial charge in [0.2, 0.25) is 0 Å². The highest BCUT2D eigenvalue weighted by molar-refractivity contribution is 8.05. The normalized spacial score (nSPS) is 13.1. The summed E-state index contributed by atoms with van der Waals surface area (Å²) in [4.78, 5) is 23.1. The molecule has 0 fully saturated rings. The van der Waals surface area contributed by atoms with Gasteiger partial charge in [0, 0.05) is 69.0 Å². The number of nitrogens with zero attached hydrogens (tertiary/aromatic N) is 4. The van der Waals surface area contributed by atoms with Crippen LogP contribution in [0.3, 0.4) is 0 Å². The Bertz CT molecular complexity index is 2940. The van der Waals surface area contributed by atoms with E-state index in [9.17, 15) is 0 Å². The van der Waals surface area contributed by atoms with Crippen molar-refractivity contribution in [3.05, 3.63) is 174 Å². The Hall–Kier alpha value is -6.15. The molecule has 1 aliphatic heterocycles. The highest BCUT2D eigenvalue weighted by atomic mass is 32.2. The van der Waals surface area contributed by atoms with Gasteiger partial charge in [-0.05, 0) is 60.8 Å². The summed E-state index contributed by atoms with van der Waals surface area (Å²) >= 11 is 3.71. The van der Waals surface area contributed by atoms with Crippen molar-refractivity contribution in [3.63, 3.8) is 0 Å². The Morgan fingerprint density at radius 2 is 1.19 bits per heavy atom. The number of nitrogens with one attached hydrogen (secondary N) is 1. The van der Waals surface area contributed by atoms with Crippen LogP contribution in [0.2, 0.25) is 0 Å². The molecule has 10 rings (SSSR count). The summed E-state index contributed by atoms with van der Waals surface area (Å²) < 4.78 is 2.38. The highest BCUT2D eigenvalue weighted by Gasteiger charge is 2.23. The fraction of sp³-hybridized carbons (Fsp3) is 0.0217. The zero-order valence-corrected chi connectivity index (χ0v) is 30.2. The fourth-order valence-corrected chi connectivity index (χ4v) is 9.58. The number of amidine groups is 2. The minimum Gasteiger partial charge on any atom is -0.354 e. The Morgan fingerprint density at radius 1 is 0.528 bits per heavy atom. The summed E-state index contributed by atoms with van der Waals surface area (Å²) in [7, 11) is 0. The first-order chi connectivity index (χ1) is 26.2. The molecule has 2 aromatic heterocycles. The van der Waals surface area contributed by atoms with Crippen molar-refractivity contribution in [3.8, 4) is 5.69 Å². The van der Waals surface area contributed by atoms with Gasteiger partial charge in [-0.1, -0.05) is 133 Å². The molecule has 1 N–H and O–H groups in total. The monoisotopic (exact) mass is 717 g/mol. The molecule has 3 heterocycles. The number of aromatic nitrogens is 2. The van der Waals surface area contributed by atoms with E-state index in [2.05, 4.69) is 130 Å². The molecule has 7 heteroatoms. The predicted octanol–water partition coefficient (Wildman–Crippen LogP) is 12.1. The molecule has 0 aliphatic carbocycles. The number of hydrogen-bond acceptors (Lipinski definition) is 3. The molecule has 0 saturated heterocycles. The number of aliphatic imine (C=N–C) groups is 3. The molecule has 9 aromatic rings. The molecule has 252 valence electrons.